The van der Waals surface area contributed by atoms with Crippen LogP contribution >= 0.6 is 0 Å². The SMILES string of the molecule is CCc1cc2c3c(c1C(C)C)N(C)c1ccccc1B3c1ccccc1N2c1ccccc1. The highest BCUT2D eigenvalue weighted by Gasteiger charge is 2.43. The lowest BCUT2D eigenvalue weighted by Crippen LogP contribution is -2.61. The highest BCUT2D eigenvalue weighted by Crippen LogP contribution is 2.44. The minimum absolute atomic E-state index is 0.238. The Kier molecular flexibility index (Phi) is 4.62. The summed E-state index contributed by atoms with van der Waals surface area (Å²) >= 11 is 0. The molecule has 0 unspecified atom stereocenters. The third kappa shape index (κ3) is 2.81. The van der Waals surface area contributed by atoms with E-state index in [0.29, 0.717) is 5.92 Å². The van der Waals surface area contributed by atoms with Crippen LogP contribution in [0.15, 0.2) is 84.9 Å². The van der Waals surface area contributed by atoms with Crippen molar-refractivity contribution in [2.24, 2.45) is 0 Å². The van der Waals surface area contributed by atoms with Gasteiger partial charge in [0.15, 0.2) is 0 Å². The van der Waals surface area contributed by atoms with Gasteiger partial charge in [-0.2, -0.15) is 0 Å². The minimum Gasteiger partial charge on any atom is -0.345 e. The standard InChI is InChI=1S/C30H29BN2/c1-5-21-19-27-29-30(28(21)20(2)3)32(4)25-17-11-9-15-23(25)31(29)24-16-10-12-18-26(24)33(27)22-13-7-6-8-14-22/h6-20H,5H2,1-4H3. The number of hydrogen-bond acceptors (Lipinski definition) is 2. The van der Waals surface area contributed by atoms with E-state index in [0.717, 1.165) is 6.42 Å². The zero-order valence-corrected chi connectivity index (χ0v) is 19.8. The number of hydrogen-bond donors (Lipinski definition) is 0. The second-order valence-corrected chi connectivity index (χ2v) is 9.52. The molecular weight excluding hydrogens is 399 g/mol. The summed E-state index contributed by atoms with van der Waals surface area (Å²) in [5.74, 6) is 0.455. The molecule has 0 N–H and O–H groups in total. The third-order valence-electron chi connectivity index (χ3n) is 7.38. The number of nitrogens with zero attached hydrogens (tertiary/aromatic N) is 2. The summed E-state index contributed by atoms with van der Waals surface area (Å²) in [7, 11) is 2.25. The van der Waals surface area contributed by atoms with Crippen molar-refractivity contribution in [1.29, 1.82) is 0 Å². The highest BCUT2D eigenvalue weighted by atomic mass is 15.2. The Morgan fingerprint density at radius 1 is 0.758 bits per heavy atom. The molecule has 0 bridgehead atoms. The fourth-order valence-corrected chi connectivity index (χ4v) is 6.06. The van der Waals surface area contributed by atoms with Gasteiger partial charge in [0.1, 0.15) is 0 Å². The van der Waals surface area contributed by atoms with E-state index < -0.39 is 0 Å². The number of benzene rings is 4. The second-order valence-electron chi connectivity index (χ2n) is 9.52. The number of fused-ring (bicyclic) bond motifs is 4. The molecule has 3 heteroatoms. The first kappa shape index (κ1) is 20.2. The van der Waals surface area contributed by atoms with E-state index in [1.807, 2.05) is 0 Å². The Balaban J connectivity index is 1.78. The summed E-state index contributed by atoms with van der Waals surface area (Å²) in [6.45, 7) is 7.21. The molecular formula is C30H29BN2. The molecule has 162 valence electrons. The van der Waals surface area contributed by atoms with E-state index in [2.05, 4.69) is 123 Å². The first-order valence-electron chi connectivity index (χ1n) is 12.1. The molecule has 0 spiro atoms. The molecule has 0 saturated heterocycles. The van der Waals surface area contributed by atoms with Crippen LogP contribution in [-0.2, 0) is 6.42 Å². The number of rotatable bonds is 3. The van der Waals surface area contributed by atoms with Gasteiger partial charge in [-0.1, -0.05) is 75.4 Å². The fourth-order valence-electron chi connectivity index (χ4n) is 6.06. The van der Waals surface area contributed by atoms with E-state index in [4.69, 9.17) is 0 Å². The van der Waals surface area contributed by atoms with Gasteiger partial charge in [0.25, 0.3) is 6.71 Å². The predicted molar refractivity (Wildman–Crippen MR) is 144 cm³/mol. The largest absolute Gasteiger partial charge is 0.345 e. The Hall–Kier alpha value is -3.46. The zero-order valence-electron chi connectivity index (χ0n) is 19.8. The first-order valence-corrected chi connectivity index (χ1v) is 12.1. The molecule has 2 aliphatic heterocycles. The summed E-state index contributed by atoms with van der Waals surface area (Å²) in [5.41, 5.74) is 13.7. The molecule has 0 aromatic heterocycles. The van der Waals surface area contributed by atoms with Crippen molar-refractivity contribution in [3.05, 3.63) is 96.1 Å². The minimum atomic E-state index is 0.238. The van der Waals surface area contributed by atoms with E-state index in [-0.39, 0.29) is 6.71 Å². The maximum atomic E-state index is 2.48. The summed E-state index contributed by atoms with van der Waals surface area (Å²) in [6, 6.07) is 31.3. The molecule has 0 aliphatic carbocycles. The number of aryl methyl sites for hydroxylation is 1. The number of anilines is 5. The Bertz CT molecular complexity index is 1360. The lowest BCUT2D eigenvalue weighted by atomic mass is 9.33. The second kappa shape index (κ2) is 7.55. The molecule has 6 rings (SSSR count). The molecule has 33 heavy (non-hydrogen) atoms. The summed E-state index contributed by atoms with van der Waals surface area (Å²) in [5, 5.41) is 0. The Morgan fingerprint density at radius 3 is 2.03 bits per heavy atom. The lowest BCUT2D eigenvalue weighted by Gasteiger charge is -2.45. The van der Waals surface area contributed by atoms with E-state index in [1.54, 1.807) is 0 Å². The summed E-state index contributed by atoms with van der Waals surface area (Å²) < 4.78 is 0. The van der Waals surface area contributed by atoms with Crippen LogP contribution in [0.25, 0.3) is 0 Å². The van der Waals surface area contributed by atoms with Gasteiger partial charge in [0.05, 0.1) is 0 Å². The van der Waals surface area contributed by atoms with Crippen LogP contribution in [0.4, 0.5) is 28.4 Å². The van der Waals surface area contributed by atoms with Crippen molar-refractivity contribution in [3.8, 4) is 0 Å². The van der Waals surface area contributed by atoms with Gasteiger partial charge < -0.3 is 9.80 Å². The summed E-state index contributed by atoms with van der Waals surface area (Å²) in [6.07, 6.45) is 1.03. The Morgan fingerprint density at radius 2 is 1.36 bits per heavy atom. The predicted octanol–water partition coefficient (Wildman–Crippen LogP) is 5.75. The van der Waals surface area contributed by atoms with Crippen molar-refractivity contribution in [3.63, 3.8) is 0 Å². The van der Waals surface area contributed by atoms with Crippen LogP contribution < -0.4 is 26.2 Å². The summed E-state index contributed by atoms with van der Waals surface area (Å²) in [4.78, 5) is 4.94. The number of para-hydroxylation sites is 3. The van der Waals surface area contributed by atoms with Gasteiger partial charge >= 0.3 is 0 Å². The Labute approximate surface area is 197 Å². The maximum absolute atomic E-state index is 2.48. The monoisotopic (exact) mass is 428 g/mol. The van der Waals surface area contributed by atoms with Crippen LogP contribution in [0.3, 0.4) is 0 Å². The molecule has 0 saturated carbocycles. The molecule has 2 aliphatic rings. The van der Waals surface area contributed by atoms with Crippen molar-refractivity contribution in [1.82, 2.24) is 0 Å². The van der Waals surface area contributed by atoms with Crippen molar-refractivity contribution >= 4 is 51.5 Å². The molecule has 2 heterocycles. The van der Waals surface area contributed by atoms with Crippen LogP contribution in [0.1, 0.15) is 37.8 Å². The van der Waals surface area contributed by atoms with Gasteiger partial charge in [-0.3, -0.25) is 0 Å². The molecule has 4 aromatic rings. The van der Waals surface area contributed by atoms with Gasteiger partial charge in [0.2, 0.25) is 0 Å². The molecule has 4 aromatic carbocycles. The lowest BCUT2D eigenvalue weighted by molar-refractivity contribution is 0.841. The quantitative estimate of drug-likeness (QED) is 0.338. The van der Waals surface area contributed by atoms with Crippen molar-refractivity contribution < 1.29 is 0 Å². The molecule has 2 nitrogen and oxygen atoms in total. The van der Waals surface area contributed by atoms with E-state index in [9.17, 15) is 0 Å². The molecule has 0 amide bonds. The van der Waals surface area contributed by atoms with E-state index in [1.165, 1.54) is 56.0 Å². The van der Waals surface area contributed by atoms with Crippen molar-refractivity contribution in [2.45, 2.75) is 33.1 Å². The topological polar surface area (TPSA) is 6.48 Å². The first-order chi connectivity index (χ1) is 16.1. The average molecular weight is 428 g/mol. The van der Waals surface area contributed by atoms with Crippen LogP contribution in [0.5, 0.6) is 0 Å². The zero-order chi connectivity index (χ0) is 22.7. The fraction of sp³-hybridized carbons (Fsp3) is 0.200. The van der Waals surface area contributed by atoms with Gasteiger partial charge in [0, 0.05) is 35.5 Å². The van der Waals surface area contributed by atoms with Gasteiger partial charge in [-0.25, -0.2) is 0 Å². The highest BCUT2D eigenvalue weighted by molar-refractivity contribution is 7.00. The average Bonchev–Trinajstić information content (AvgIpc) is 2.85. The molecule has 0 fully saturated rings. The normalized spacial score (nSPS) is 13.7. The third-order valence-corrected chi connectivity index (χ3v) is 7.38. The van der Waals surface area contributed by atoms with Gasteiger partial charge in [-0.05, 0) is 70.2 Å². The van der Waals surface area contributed by atoms with Crippen LogP contribution in [-0.4, -0.2) is 13.8 Å². The van der Waals surface area contributed by atoms with Crippen LogP contribution in [0, 0.1) is 0 Å². The smallest absolute Gasteiger partial charge is 0.252 e. The van der Waals surface area contributed by atoms with Gasteiger partial charge in [-0.15, -0.1) is 0 Å². The molecule has 0 atom stereocenters. The maximum Gasteiger partial charge on any atom is 0.252 e. The van der Waals surface area contributed by atoms with Crippen molar-refractivity contribution in [2.75, 3.05) is 16.8 Å². The van der Waals surface area contributed by atoms with Crippen LogP contribution in [0.2, 0.25) is 0 Å². The molecule has 0 radical (unpaired) electrons. The van der Waals surface area contributed by atoms with E-state index >= 15 is 0 Å².